The van der Waals surface area contributed by atoms with E-state index >= 15 is 0 Å². The zero-order chi connectivity index (χ0) is 21.7. The zero-order valence-corrected chi connectivity index (χ0v) is 19.4. The van der Waals surface area contributed by atoms with Crippen LogP contribution in [0.15, 0.2) is 27.9 Å². The van der Waals surface area contributed by atoms with Gasteiger partial charge in [0.05, 0.1) is 41.4 Å². The van der Waals surface area contributed by atoms with Crippen LogP contribution in [-0.4, -0.2) is 63.5 Å². The highest BCUT2D eigenvalue weighted by molar-refractivity contribution is 7.99. The van der Waals surface area contributed by atoms with Gasteiger partial charge in [-0.3, -0.25) is 18.8 Å². The molecule has 0 saturated carbocycles. The summed E-state index contributed by atoms with van der Waals surface area (Å²) in [6.45, 7) is 4.50. The van der Waals surface area contributed by atoms with E-state index in [0.717, 1.165) is 12.1 Å². The number of nitrogens with zero attached hydrogens (tertiary/aromatic N) is 3. The number of carbonyl (C=O) groups excluding carboxylic acids is 1. The van der Waals surface area contributed by atoms with Crippen LogP contribution in [0.5, 0.6) is 0 Å². The van der Waals surface area contributed by atoms with E-state index in [-0.39, 0.29) is 18.4 Å². The van der Waals surface area contributed by atoms with Crippen LogP contribution in [0.2, 0.25) is 10.0 Å². The van der Waals surface area contributed by atoms with Crippen molar-refractivity contribution in [2.24, 2.45) is 0 Å². The lowest BCUT2D eigenvalue weighted by atomic mass is 10.2. The van der Waals surface area contributed by atoms with Crippen LogP contribution in [0.3, 0.4) is 0 Å². The molecule has 2 aromatic rings. The fourth-order valence-corrected chi connectivity index (χ4v) is 5.25. The van der Waals surface area contributed by atoms with Crippen molar-refractivity contribution in [1.82, 2.24) is 14.2 Å². The Morgan fingerprint density at radius 1 is 1.43 bits per heavy atom. The van der Waals surface area contributed by atoms with E-state index in [0.29, 0.717) is 46.3 Å². The van der Waals surface area contributed by atoms with Gasteiger partial charge in [0.1, 0.15) is 0 Å². The van der Waals surface area contributed by atoms with Gasteiger partial charge in [-0.05, 0) is 11.6 Å². The average Bonchev–Trinajstić information content (AvgIpc) is 3.11. The van der Waals surface area contributed by atoms with Crippen LogP contribution in [0.1, 0.15) is 18.2 Å². The molecule has 7 nitrogen and oxygen atoms in total. The molecule has 1 amide bonds. The third-order valence-corrected chi connectivity index (χ3v) is 7.35. The lowest BCUT2D eigenvalue weighted by Crippen LogP contribution is -2.46. The van der Waals surface area contributed by atoms with Crippen molar-refractivity contribution in [2.45, 2.75) is 30.3 Å². The molecule has 0 aliphatic carbocycles. The van der Waals surface area contributed by atoms with Crippen LogP contribution < -0.4 is 0 Å². The Labute approximate surface area is 193 Å². The summed E-state index contributed by atoms with van der Waals surface area (Å²) in [6.07, 6.45) is -0.296. The van der Waals surface area contributed by atoms with Crippen LogP contribution in [0.4, 0.5) is 0 Å². The summed E-state index contributed by atoms with van der Waals surface area (Å²) >= 11 is 15.0. The van der Waals surface area contributed by atoms with Gasteiger partial charge in [0, 0.05) is 43.9 Å². The summed E-state index contributed by atoms with van der Waals surface area (Å²) in [7, 11) is 0. The van der Waals surface area contributed by atoms with Crippen molar-refractivity contribution in [1.29, 1.82) is 0 Å². The molecule has 0 spiro atoms. The number of carboxylic acids is 1. The third kappa shape index (κ3) is 6.57. The number of benzene rings is 1. The van der Waals surface area contributed by atoms with Crippen LogP contribution in [0, 0.1) is 0 Å². The molecule has 1 aromatic heterocycles. The molecule has 3 rings (SSSR count). The summed E-state index contributed by atoms with van der Waals surface area (Å²) in [5.41, 5.74) is 1.44. The molecule has 1 N–H and O–H groups in total. The van der Waals surface area contributed by atoms with E-state index in [9.17, 15) is 9.59 Å². The van der Waals surface area contributed by atoms with E-state index in [2.05, 4.69) is 9.88 Å². The van der Waals surface area contributed by atoms with Gasteiger partial charge in [-0.15, -0.1) is 11.3 Å². The number of aliphatic carboxylic acids is 1. The lowest BCUT2D eigenvalue weighted by Gasteiger charge is -2.35. The van der Waals surface area contributed by atoms with Crippen molar-refractivity contribution < 1.29 is 19.4 Å². The summed E-state index contributed by atoms with van der Waals surface area (Å²) in [4.78, 5) is 29.5. The highest BCUT2D eigenvalue weighted by Gasteiger charge is 2.26. The number of morpholine rings is 1. The Balaban J connectivity index is 1.59. The molecule has 162 valence electrons. The first-order valence-electron chi connectivity index (χ1n) is 9.21. The van der Waals surface area contributed by atoms with Gasteiger partial charge >= 0.3 is 5.97 Å². The fraction of sp³-hybridized carbons (Fsp3) is 0.421. The first-order chi connectivity index (χ1) is 14.3. The quantitative estimate of drug-likeness (QED) is 0.563. The number of ether oxygens (including phenoxy) is 1. The minimum Gasteiger partial charge on any atom is -0.481 e. The minimum absolute atomic E-state index is 0.117. The van der Waals surface area contributed by atoms with Gasteiger partial charge < -0.3 is 9.84 Å². The summed E-state index contributed by atoms with van der Waals surface area (Å²) < 4.78 is 8.10. The third-order valence-electron chi connectivity index (χ3n) is 4.42. The molecule has 1 fully saturated rings. The number of hydrogen-bond acceptors (Lipinski definition) is 7. The lowest BCUT2D eigenvalue weighted by molar-refractivity contribution is -0.136. The molecule has 0 radical (unpaired) electrons. The van der Waals surface area contributed by atoms with Crippen LogP contribution >= 0.6 is 46.5 Å². The molecule has 0 unspecified atom stereocenters. The SMILES string of the molecule is CC(=O)N(C[C@@H]1CN(Cc2cccc(Cl)c2Cl)CCO1)Sc1nc(CC(=O)O)cs1. The van der Waals surface area contributed by atoms with Crippen LogP contribution in [0.25, 0.3) is 0 Å². The second-order valence-corrected chi connectivity index (χ2v) is 9.70. The number of rotatable bonds is 8. The molecular weight excluding hydrogens is 469 g/mol. The number of aromatic nitrogens is 1. The maximum absolute atomic E-state index is 12.1. The zero-order valence-electron chi connectivity index (χ0n) is 16.2. The molecular formula is C19H21Cl2N3O4S2. The first kappa shape index (κ1) is 23.3. The van der Waals surface area contributed by atoms with Gasteiger partial charge in [-0.25, -0.2) is 4.98 Å². The van der Waals surface area contributed by atoms with E-state index in [1.165, 1.54) is 30.2 Å². The highest BCUT2D eigenvalue weighted by Crippen LogP contribution is 2.29. The van der Waals surface area contributed by atoms with E-state index in [1.807, 2.05) is 12.1 Å². The predicted octanol–water partition coefficient (Wildman–Crippen LogP) is 3.83. The molecule has 11 heteroatoms. The number of carboxylic acid groups (broad SMARTS) is 1. The topological polar surface area (TPSA) is 83.0 Å². The smallest absolute Gasteiger partial charge is 0.309 e. The number of thiazole rings is 1. The Kier molecular flexibility index (Phi) is 8.38. The summed E-state index contributed by atoms with van der Waals surface area (Å²) in [5, 5.41) is 11.7. The molecule has 1 atom stereocenters. The highest BCUT2D eigenvalue weighted by atomic mass is 35.5. The standard InChI is InChI=1S/C19H21Cl2N3O4S2/c1-12(25)24(30-19-22-14(11-29-19)7-17(26)27)10-15-9-23(5-6-28-15)8-13-3-2-4-16(20)18(13)21/h2-4,11,15H,5-10H2,1H3,(H,26,27)/t15-/m0/s1. The monoisotopic (exact) mass is 489 g/mol. The Morgan fingerprint density at radius 3 is 2.97 bits per heavy atom. The van der Waals surface area contributed by atoms with Gasteiger partial charge in [-0.2, -0.15) is 0 Å². The Bertz CT molecular complexity index is 912. The molecule has 0 bridgehead atoms. The molecule has 1 saturated heterocycles. The van der Waals surface area contributed by atoms with Gasteiger partial charge in [-0.1, -0.05) is 35.3 Å². The summed E-state index contributed by atoms with van der Waals surface area (Å²) in [5.74, 6) is -1.05. The largest absolute Gasteiger partial charge is 0.481 e. The average molecular weight is 490 g/mol. The number of amides is 1. The molecule has 2 heterocycles. The predicted molar refractivity (Wildman–Crippen MR) is 118 cm³/mol. The van der Waals surface area contributed by atoms with Gasteiger partial charge in [0.15, 0.2) is 4.34 Å². The van der Waals surface area contributed by atoms with Crippen molar-refractivity contribution in [2.75, 3.05) is 26.2 Å². The molecule has 1 aromatic carbocycles. The second-order valence-electron chi connectivity index (χ2n) is 6.79. The number of hydrogen-bond donors (Lipinski definition) is 1. The van der Waals surface area contributed by atoms with Gasteiger partial charge in [0.2, 0.25) is 5.91 Å². The maximum atomic E-state index is 12.1. The molecule has 30 heavy (non-hydrogen) atoms. The van der Waals surface area contributed by atoms with Crippen molar-refractivity contribution in [3.05, 3.63) is 44.9 Å². The van der Waals surface area contributed by atoms with Gasteiger partial charge in [0.25, 0.3) is 0 Å². The number of carbonyl (C=O) groups is 2. The van der Waals surface area contributed by atoms with Crippen molar-refractivity contribution in [3.63, 3.8) is 0 Å². The summed E-state index contributed by atoms with van der Waals surface area (Å²) in [6, 6.07) is 5.59. The minimum atomic E-state index is -0.934. The van der Waals surface area contributed by atoms with E-state index < -0.39 is 5.97 Å². The fourth-order valence-electron chi connectivity index (χ4n) is 3.02. The molecule has 1 aliphatic rings. The van der Waals surface area contributed by atoms with Crippen LogP contribution in [-0.2, 0) is 27.3 Å². The normalized spacial score (nSPS) is 17.1. The van der Waals surface area contributed by atoms with E-state index in [1.54, 1.807) is 15.8 Å². The maximum Gasteiger partial charge on any atom is 0.309 e. The van der Waals surface area contributed by atoms with E-state index in [4.69, 9.17) is 33.0 Å². The van der Waals surface area contributed by atoms with Crippen molar-refractivity contribution in [3.8, 4) is 0 Å². The second kappa shape index (κ2) is 10.8. The number of halogens is 2. The Morgan fingerprint density at radius 2 is 2.23 bits per heavy atom. The Hall–Kier alpha value is -1.36. The molecule has 1 aliphatic heterocycles. The van der Waals surface area contributed by atoms with Crippen molar-refractivity contribution >= 4 is 58.4 Å². The first-order valence-corrected chi connectivity index (χ1v) is 11.6.